The number of benzene rings is 1. The minimum atomic E-state index is 0.0801. The van der Waals surface area contributed by atoms with Crippen LogP contribution < -0.4 is 0 Å². The molecular formula is C22H30N6O2. The number of aromatic nitrogens is 4. The average molecular weight is 411 g/mol. The van der Waals surface area contributed by atoms with Crippen molar-refractivity contribution in [2.45, 2.75) is 52.1 Å². The molecule has 0 aliphatic carbocycles. The summed E-state index contributed by atoms with van der Waals surface area (Å²) >= 11 is 0. The van der Waals surface area contributed by atoms with E-state index in [2.05, 4.69) is 50.9 Å². The van der Waals surface area contributed by atoms with Gasteiger partial charge in [0.1, 0.15) is 0 Å². The topological polar surface area (TPSA) is 84.3 Å². The van der Waals surface area contributed by atoms with E-state index in [-0.39, 0.29) is 12.1 Å². The molecule has 0 radical (unpaired) electrons. The number of nitrogens with zero attached hydrogens (tertiary/aromatic N) is 6. The highest BCUT2D eigenvalue weighted by atomic mass is 16.5. The van der Waals surface area contributed by atoms with Gasteiger partial charge in [0.25, 0.3) is 0 Å². The largest absolute Gasteiger partial charge is 0.338 e. The Bertz CT molecular complexity index is 917. The summed E-state index contributed by atoms with van der Waals surface area (Å²) in [5.41, 5.74) is 0.969. The molecule has 3 aromatic rings. The van der Waals surface area contributed by atoms with Crippen LogP contribution in [-0.4, -0.2) is 56.3 Å². The minimum absolute atomic E-state index is 0.0801. The van der Waals surface area contributed by atoms with Gasteiger partial charge in [0.05, 0.1) is 12.1 Å². The fourth-order valence-electron chi connectivity index (χ4n) is 3.81. The van der Waals surface area contributed by atoms with Crippen LogP contribution in [0.15, 0.2) is 39.4 Å². The third-order valence-electron chi connectivity index (χ3n) is 5.87. The average Bonchev–Trinajstić information content (AvgIpc) is 3.47. The molecular weight excluding hydrogens is 380 g/mol. The van der Waals surface area contributed by atoms with Crippen molar-refractivity contribution >= 4 is 0 Å². The van der Waals surface area contributed by atoms with Crippen LogP contribution in [-0.2, 0) is 6.42 Å². The van der Waals surface area contributed by atoms with Crippen molar-refractivity contribution in [2.75, 3.05) is 26.2 Å². The van der Waals surface area contributed by atoms with Gasteiger partial charge < -0.3 is 9.05 Å². The zero-order valence-electron chi connectivity index (χ0n) is 18.0. The Labute approximate surface area is 177 Å². The number of piperazine rings is 1. The van der Waals surface area contributed by atoms with Gasteiger partial charge in [-0.05, 0) is 20.3 Å². The highest BCUT2D eigenvalue weighted by molar-refractivity contribution is 5.53. The zero-order valence-corrected chi connectivity index (χ0v) is 18.0. The molecule has 0 N–H and O–H groups in total. The molecule has 1 aliphatic heterocycles. The third-order valence-corrected chi connectivity index (χ3v) is 5.87. The van der Waals surface area contributed by atoms with Crippen molar-refractivity contribution in [1.29, 1.82) is 0 Å². The highest BCUT2D eigenvalue weighted by Crippen LogP contribution is 2.26. The Morgan fingerprint density at radius 3 is 2.10 bits per heavy atom. The van der Waals surface area contributed by atoms with E-state index < -0.39 is 0 Å². The van der Waals surface area contributed by atoms with Crippen LogP contribution in [0.25, 0.3) is 11.4 Å². The van der Waals surface area contributed by atoms with Crippen LogP contribution >= 0.6 is 0 Å². The Kier molecular flexibility index (Phi) is 6.54. The van der Waals surface area contributed by atoms with E-state index in [4.69, 9.17) is 9.05 Å². The Balaban J connectivity index is 1.33. The number of rotatable bonds is 8. The number of hydrogen-bond donors (Lipinski definition) is 0. The van der Waals surface area contributed by atoms with E-state index in [1.807, 2.05) is 30.3 Å². The maximum absolute atomic E-state index is 5.56. The molecule has 2 aromatic heterocycles. The summed E-state index contributed by atoms with van der Waals surface area (Å²) in [6.45, 7) is 10.1. The lowest BCUT2D eigenvalue weighted by atomic mass is 10.2. The molecule has 1 saturated heterocycles. The standard InChI is InChI=1S/C22H30N6O2/c1-4-5-11-19-23-21(29-25-19)16(2)27-12-14-28(15-13-27)17(3)22-24-20(26-30-22)18-9-7-6-8-10-18/h6-10,16-17H,4-5,11-15H2,1-3H3. The summed E-state index contributed by atoms with van der Waals surface area (Å²) in [6.07, 6.45) is 3.10. The van der Waals surface area contributed by atoms with Crippen molar-refractivity contribution in [3.63, 3.8) is 0 Å². The van der Waals surface area contributed by atoms with E-state index in [0.717, 1.165) is 56.8 Å². The Morgan fingerprint density at radius 1 is 0.867 bits per heavy atom. The smallest absolute Gasteiger partial charge is 0.244 e. The van der Waals surface area contributed by atoms with Gasteiger partial charge in [-0.25, -0.2) is 0 Å². The molecule has 30 heavy (non-hydrogen) atoms. The lowest BCUT2D eigenvalue weighted by Gasteiger charge is -2.38. The second-order valence-electron chi connectivity index (χ2n) is 7.90. The first-order valence-corrected chi connectivity index (χ1v) is 10.8. The normalized spacial score (nSPS) is 17.8. The number of aryl methyl sites for hydroxylation is 1. The molecule has 3 heterocycles. The predicted molar refractivity (Wildman–Crippen MR) is 113 cm³/mol. The summed E-state index contributed by atoms with van der Waals surface area (Å²) < 4.78 is 11.1. The van der Waals surface area contributed by atoms with Crippen molar-refractivity contribution < 1.29 is 9.05 Å². The summed E-state index contributed by atoms with van der Waals surface area (Å²) in [6, 6.07) is 10.1. The Hall–Kier alpha value is -2.58. The van der Waals surface area contributed by atoms with Crippen LogP contribution in [0.1, 0.15) is 63.3 Å². The minimum Gasteiger partial charge on any atom is -0.338 e. The summed E-state index contributed by atoms with van der Waals surface area (Å²) in [4.78, 5) is 14.0. The molecule has 8 nitrogen and oxygen atoms in total. The van der Waals surface area contributed by atoms with E-state index in [1.165, 1.54) is 0 Å². The van der Waals surface area contributed by atoms with Gasteiger partial charge in [-0.2, -0.15) is 9.97 Å². The summed E-state index contributed by atoms with van der Waals surface area (Å²) in [7, 11) is 0. The van der Waals surface area contributed by atoms with E-state index in [9.17, 15) is 0 Å². The van der Waals surface area contributed by atoms with E-state index >= 15 is 0 Å². The quantitative estimate of drug-likeness (QED) is 0.553. The van der Waals surface area contributed by atoms with Gasteiger partial charge in [-0.1, -0.05) is 54.0 Å². The maximum Gasteiger partial charge on any atom is 0.244 e. The number of unbranched alkanes of at least 4 members (excludes halogenated alkanes) is 1. The predicted octanol–water partition coefficient (Wildman–Crippen LogP) is 3.90. The first-order valence-electron chi connectivity index (χ1n) is 10.8. The molecule has 4 rings (SSSR count). The molecule has 2 atom stereocenters. The molecule has 160 valence electrons. The molecule has 0 bridgehead atoms. The first-order chi connectivity index (χ1) is 14.7. The van der Waals surface area contributed by atoms with Crippen molar-refractivity contribution in [2.24, 2.45) is 0 Å². The molecule has 0 saturated carbocycles. The van der Waals surface area contributed by atoms with Crippen LogP contribution in [0, 0.1) is 0 Å². The lowest BCUT2D eigenvalue weighted by molar-refractivity contribution is 0.0588. The zero-order chi connectivity index (χ0) is 20.9. The lowest BCUT2D eigenvalue weighted by Crippen LogP contribution is -2.47. The first kappa shape index (κ1) is 20.7. The SMILES string of the molecule is CCCCc1noc(C(C)N2CCN(C(C)c3nc(-c4ccccc4)no3)CC2)n1. The third kappa shape index (κ3) is 4.60. The van der Waals surface area contributed by atoms with Gasteiger partial charge >= 0.3 is 0 Å². The van der Waals surface area contributed by atoms with Gasteiger partial charge in [-0.3, -0.25) is 9.80 Å². The number of hydrogen-bond acceptors (Lipinski definition) is 8. The maximum atomic E-state index is 5.56. The fourth-order valence-corrected chi connectivity index (χ4v) is 3.81. The van der Waals surface area contributed by atoms with E-state index in [0.29, 0.717) is 17.6 Å². The monoisotopic (exact) mass is 410 g/mol. The van der Waals surface area contributed by atoms with Crippen LogP contribution in [0.3, 0.4) is 0 Å². The van der Waals surface area contributed by atoms with Gasteiger partial charge in [0, 0.05) is 38.2 Å². The van der Waals surface area contributed by atoms with E-state index in [1.54, 1.807) is 0 Å². The van der Waals surface area contributed by atoms with Crippen LogP contribution in [0.4, 0.5) is 0 Å². The van der Waals surface area contributed by atoms with Crippen LogP contribution in [0.2, 0.25) is 0 Å². The summed E-state index contributed by atoms with van der Waals surface area (Å²) in [5.74, 6) is 2.83. The molecule has 8 heteroatoms. The fraction of sp³-hybridized carbons (Fsp3) is 0.545. The molecule has 1 aromatic carbocycles. The molecule has 0 spiro atoms. The van der Waals surface area contributed by atoms with Gasteiger partial charge in [0.2, 0.25) is 17.6 Å². The van der Waals surface area contributed by atoms with Gasteiger partial charge in [0.15, 0.2) is 5.82 Å². The van der Waals surface area contributed by atoms with Crippen molar-refractivity contribution in [1.82, 2.24) is 30.1 Å². The molecule has 0 amide bonds. The van der Waals surface area contributed by atoms with Crippen molar-refractivity contribution in [3.8, 4) is 11.4 Å². The second kappa shape index (κ2) is 9.49. The van der Waals surface area contributed by atoms with Gasteiger partial charge in [-0.15, -0.1) is 0 Å². The molecule has 1 fully saturated rings. The van der Waals surface area contributed by atoms with Crippen molar-refractivity contribution in [3.05, 3.63) is 47.9 Å². The molecule has 1 aliphatic rings. The van der Waals surface area contributed by atoms with Crippen LogP contribution in [0.5, 0.6) is 0 Å². The Morgan fingerprint density at radius 2 is 1.47 bits per heavy atom. The highest BCUT2D eigenvalue weighted by Gasteiger charge is 2.29. The second-order valence-corrected chi connectivity index (χ2v) is 7.90. The molecule has 2 unspecified atom stereocenters. The summed E-state index contributed by atoms with van der Waals surface area (Å²) in [5, 5.41) is 8.29.